The van der Waals surface area contributed by atoms with Gasteiger partial charge in [0.2, 0.25) is 0 Å². The third-order valence-corrected chi connectivity index (χ3v) is 5.23. The molecule has 0 radical (unpaired) electrons. The maximum atomic E-state index is 3.57. The summed E-state index contributed by atoms with van der Waals surface area (Å²) >= 11 is 0. The predicted molar refractivity (Wildman–Crippen MR) is 81.1 cm³/mol. The fourth-order valence-electron chi connectivity index (χ4n) is 4.50. The van der Waals surface area contributed by atoms with Crippen molar-refractivity contribution in [2.45, 2.75) is 18.3 Å². The van der Waals surface area contributed by atoms with Gasteiger partial charge in [-0.15, -0.1) is 0 Å². The van der Waals surface area contributed by atoms with Gasteiger partial charge in [-0.2, -0.15) is 0 Å². The highest BCUT2D eigenvalue weighted by atomic mass is 14.9. The Labute approximate surface area is 119 Å². The van der Waals surface area contributed by atoms with Crippen molar-refractivity contribution in [2.75, 3.05) is 13.1 Å². The van der Waals surface area contributed by atoms with Crippen molar-refractivity contribution in [1.29, 1.82) is 0 Å². The van der Waals surface area contributed by atoms with E-state index in [-0.39, 0.29) is 0 Å². The SMILES string of the molecule is c1ccc2c(c1)C1C3=C(CNCC3)C2c2ccccc21. The van der Waals surface area contributed by atoms with Crippen LogP contribution in [0.4, 0.5) is 0 Å². The molecular weight excluding hydrogens is 242 g/mol. The van der Waals surface area contributed by atoms with Crippen LogP contribution >= 0.6 is 0 Å². The first-order valence-electron chi connectivity index (χ1n) is 7.55. The van der Waals surface area contributed by atoms with Crippen LogP contribution in [0.1, 0.15) is 40.5 Å². The molecule has 3 aliphatic carbocycles. The molecule has 0 unspecified atom stereocenters. The molecule has 4 aliphatic rings. The van der Waals surface area contributed by atoms with Gasteiger partial charge in [0.1, 0.15) is 0 Å². The molecule has 2 aromatic carbocycles. The van der Waals surface area contributed by atoms with E-state index in [9.17, 15) is 0 Å². The topological polar surface area (TPSA) is 12.0 Å². The quantitative estimate of drug-likeness (QED) is 0.713. The van der Waals surface area contributed by atoms with E-state index in [0.29, 0.717) is 11.8 Å². The van der Waals surface area contributed by atoms with Crippen LogP contribution in [-0.2, 0) is 0 Å². The van der Waals surface area contributed by atoms with E-state index in [2.05, 4.69) is 53.8 Å². The van der Waals surface area contributed by atoms with E-state index in [1.54, 1.807) is 33.4 Å². The van der Waals surface area contributed by atoms with Crippen LogP contribution in [0.5, 0.6) is 0 Å². The number of hydrogen-bond acceptors (Lipinski definition) is 1. The average Bonchev–Trinajstić information content (AvgIpc) is 2.54. The maximum absolute atomic E-state index is 3.57. The van der Waals surface area contributed by atoms with Gasteiger partial charge in [0, 0.05) is 18.4 Å². The summed E-state index contributed by atoms with van der Waals surface area (Å²) in [5.74, 6) is 1.01. The molecule has 0 spiro atoms. The van der Waals surface area contributed by atoms with Crippen LogP contribution in [0.3, 0.4) is 0 Å². The molecule has 2 bridgehead atoms. The van der Waals surface area contributed by atoms with Crippen molar-refractivity contribution in [3.8, 4) is 0 Å². The van der Waals surface area contributed by atoms with Crippen LogP contribution < -0.4 is 5.32 Å². The van der Waals surface area contributed by atoms with E-state index in [1.807, 2.05) is 0 Å². The Hall–Kier alpha value is -1.86. The fourth-order valence-corrected chi connectivity index (χ4v) is 4.50. The summed E-state index contributed by atoms with van der Waals surface area (Å²) in [4.78, 5) is 0. The molecule has 1 aliphatic heterocycles. The largest absolute Gasteiger partial charge is 0.313 e. The van der Waals surface area contributed by atoms with Gasteiger partial charge in [-0.05, 0) is 40.8 Å². The zero-order valence-corrected chi connectivity index (χ0v) is 11.4. The lowest BCUT2D eigenvalue weighted by Gasteiger charge is -2.45. The van der Waals surface area contributed by atoms with Gasteiger partial charge in [-0.3, -0.25) is 0 Å². The number of rotatable bonds is 0. The van der Waals surface area contributed by atoms with Gasteiger partial charge in [0.15, 0.2) is 0 Å². The molecule has 0 amide bonds. The van der Waals surface area contributed by atoms with E-state index >= 15 is 0 Å². The minimum Gasteiger partial charge on any atom is -0.313 e. The fraction of sp³-hybridized carbons (Fsp3) is 0.263. The Balaban J connectivity index is 1.86. The summed E-state index contributed by atoms with van der Waals surface area (Å²) in [6.07, 6.45) is 1.21. The van der Waals surface area contributed by atoms with Crippen molar-refractivity contribution in [3.05, 3.63) is 81.9 Å². The molecule has 0 fully saturated rings. The summed E-state index contributed by atoms with van der Waals surface area (Å²) in [5, 5.41) is 3.57. The first-order chi connectivity index (χ1) is 9.95. The third kappa shape index (κ3) is 1.22. The molecule has 0 aromatic heterocycles. The molecule has 6 rings (SSSR count). The van der Waals surface area contributed by atoms with E-state index in [0.717, 1.165) is 13.1 Å². The lowest BCUT2D eigenvalue weighted by Crippen LogP contribution is -2.37. The van der Waals surface area contributed by atoms with Gasteiger partial charge in [0.05, 0.1) is 0 Å². The van der Waals surface area contributed by atoms with Crippen LogP contribution in [0.2, 0.25) is 0 Å². The second kappa shape index (κ2) is 3.83. The Morgan fingerprint density at radius 3 is 1.75 bits per heavy atom. The standard InChI is InChI=1S/C19H17N/c1-3-7-14-12(5-1)18-13-6-2-4-8-15(13)19(14)17-11-20-10-9-16(17)18/h1-8,18-20H,9-11H2. The van der Waals surface area contributed by atoms with E-state index < -0.39 is 0 Å². The molecule has 1 nitrogen and oxygen atoms in total. The molecule has 0 saturated heterocycles. The Morgan fingerprint density at radius 1 is 0.700 bits per heavy atom. The molecular formula is C19H17N. The molecule has 2 aromatic rings. The molecule has 98 valence electrons. The van der Waals surface area contributed by atoms with Crippen molar-refractivity contribution in [3.63, 3.8) is 0 Å². The second-order valence-electron chi connectivity index (χ2n) is 6.10. The van der Waals surface area contributed by atoms with Gasteiger partial charge in [-0.1, -0.05) is 54.1 Å². The maximum Gasteiger partial charge on any atom is 0.0320 e. The first-order valence-corrected chi connectivity index (χ1v) is 7.55. The summed E-state index contributed by atoms with van der Waals surface area (Å²) in [6.45, 7) is 2.20. The Kier molecular flexibility index (Phi) is 2.08. The van der Waals surface area contributed by atoms with Gasteiger partial charge in [0.25, 0.3) is 0 Å². The van der Waals surface area contributed by atoms with Crippen LogP contribution in [0, 0.1) is 0 Å². The molecule has 1 heterocycles. The van der Waals surface area contributed by atoms with Gasteiger partial charge < -0.3 is 5.32 Å². The normalized spacial score (nSPS) is 26.0. The number of benzene rings is 2. The Morgan fingerprint density at radius 2 is 1.20 bits per heavy atom. The zero-order chi connectivity index (χ0) is 13.1. The number of nitrogens with one attached hydrogen (secondary N) is 1. The second-order valence-corrected chi connectivity index (χ2v) is 6.10. The Bertz CT molecular complexity index is 631. The van der Waals surface area contributed by atoms with Crippen molar-refractivity contribution >= 4 is 0 Å². The molecule has 0 atom stereocenters. The predicted octanol–water partition coefficient (Wildman–Crippen LogP) is 3.57. The van der Waals surface area contributed by atoms with Crippen molar-refractivity contribution in [2.24, 2.45) is 0 Å². The van der Waals surface area contributed by atoms with Crippen molar-refractivity contribution in [1.82, 2.24) is 5.32 Å². The highest BCUT2D eigenvalue weighted by Gasteiger charge is 2.42. The monoisotopic (exact) mass is 259 g/mol. The summed E-state index contributed by atoms with van der Waals surface area (Å²) < 4.78 is 0. The number of hydrogen-bond donors (Lipinski definition) is 1. The molecule has 0 saturated carbocycles. The highest BCUT2D eigenvalue weighted by Crippen LogP contribution is 2.56. The van der Waals surface area contributed by atoms with Crippen molar-refractivity contribution < 1.29 is 0 Å². The summed E-state index contributed by atoms with van der Waals surface area (Å²) in [5.41, 5.74) is 9.54. The molecule has 1 heteroatoms. The minimum absolute atomic E-state index is 0.496. The summed E-state index contributed by atoms with van der Waals surface area (Å²) in [7, 11) is 0. The molecule has 20 heavy (non-hydrogen) atoms. The van der Waals surface area contributed by atoms with Crippen LogP contribution in [0.15, 0.2) is 59.7 Å². The highest BCUT2D eigenvalue weighted by molar-refractivity contribution is 5.66. The smallest absolute Gasteiger partial charge is 0.0320 e. The van der Waals surface area contributed by atoms with Gasteiger partial charge >= 0.3 is 0 Å². The average molecular weight is 259 g/mol. The molecule has 1 N–H and O–H groups in total. The first kappa shape index (κ1) is 10.9. The van der Waals surface area contributed by atoms with Gasteiger partial charge in [-0.25, -0.2) is 0 Å². The van der Waals surface area contributed by atoms with Crippen LogP contribution in [-0.4, -0.2) is 13.1 Å². The minimum atomic E-state index is 0.496. The van der Waals surface area contributed by atoms with E-state index in [1.165, 1.54) is 6.42 Å². The zero-order valence-electron chi connectivity index (χ0n) is 11.4. The lowest BCUT2D eigenvalue weighted by molar-refractivity contribution is 0.580. The third-order valence-electron chi connectivity index (χ3n) is 5.23. The van der Waals surface area contributed by atoms with Crippen LogP contribution in [0.25, 0.3) is 0 Å². The summed E-state index contributed by atoms with van der Waals surface area (Å²) in [6, 6.07) is 18.1. The lowest BCUT2D eigenvalue weighted by atomic mass is 9.60. The van der Waals surface area contributed by atoms with E-state index in [4.69, 9.17) is 0 Å².